The zero-order chi connectivity index (χ0) is 32.0. The number of nitrogens with zero attached hydrogens (tertiary/aromatic N) is 6. The average Bonchev–Trinajstić information content (AvgIpc) is 3.02. The first kappa shape index (κ1) is 33.2. The van der Waals surface area contributed by atoms with Gasteiger partial charge >= 0.3 is 0 Å². The van der Waals surface area contributed by atoms with E-state index < -0.39 is 0 Å². The first-order chi connectivity index (χ1) is 21.9. The lowest BCUT2D eigenvalue weighted by Crippen LogP contribution is -2.00. The molecule has 0 saturated carbocycles. The highest BCUT2D eigenvalue weighted by molar-refractivity contribution is 6.04. The van der Waals surface area contributed by atoms with Crippen LogP contribution in [0.2, 0.25) is 0 Å². The number of aromatic hydroxyl groups is 6. The smallest absolute Gasteiger partial charge is 0.140 e. The van der Waals surface area contributed by atoms with Gasteiger partial charge in [-0.1, -0.05) is 0 Å². The lowest BCUT2D eigenvalue weighted by Gasteiger charge is -2.13. The third kappa shape index (κ3) is 8.68. The van der Waals surface area contributed by atoms with Crippen molar-refractivity contribution < 1.29 is 30.6 Å². The SMILES string of the molecule is Oc1c2c(O)c3c(O)c1C=NCCCCCN=Cc1c(O)c(c(O)c(c1O)C=NCCCCCN=C3)C=NCCCCCN=C2. The number of fused-ring (bicyclic) bond motifs is 18. The van der Waals surface area contributed by atoms with Crippen molar-refractivity contribution in [1.82, 2.24) is 0 Å². The Bertz CT molecular complexity index is 1180. The van der Waals surface area contributed by atoms with E-state index in [2.05, 4.69) is 30.0 Å². The van der Waals surface area contributed by atoms with Gasteiger partial charge in [0.1, 0.15) is 34.5 Å². The van der Waals surface area contributed by atoms with E-state index >= 15 is 0 Å². The van der Waals surface area contributed by atoms with Crippen molar-refractivity contribution in [3.05, 3.63) is 33.4 Å². The lowest BCUT2D eigenvalue weighted by molar-refractivity contribution is 0.423. The van der Waals surface area contributed by atoms with E-state index in [9.17, 15) is 30.6 Å². The fourth-order valence-corrected chi connectivity index (χ4v) is 4.96. The Kier molecular flexibility index (Phi) is 12.5. The van der Waals surface area contributed by atoms with Crippen LogP contribution in [-0.4, -0.2) is 107 Å². The number of hydrogen-bond donors (Lipinski definition) is 6. The van der Waals surface area contributed by atoms with Gasteiger partial charge in [-0.05, 0) is 57.8 Å². The molecule has 6 N–H and O–H groups in total. The number of phenols is 6. The second-order valence-corrected chi connectivity index (χ2v) is 11.0. The van der Waals surface area contributed by atoms with Crippen molar-refractivity contribution in [1.29, 1.82) is 0 Å². The van der Waals surface area contributed by atoms with E-state index in [4.69, 9.17) is 0 Å². The maximum Gasteiger partial charge on any atom is 0.140 e. The van der Waals surface area contributed by atoms with Crippen molar-refractivity contribution in [2.24, 2.45) is 30.0 Å². The van der Waals surface area contributed by atoms with Gasteiger partial charge in [-0.2, -0.15) is 0 Å². The molecule has 3 aliphatic heterocycles. The monoisotopic (exact) mass is 618 g/mol. The molecule has 6 bridgehead atoms. The van der Waals surface area contributed by atoms with Crippen LogP contribution in [0.15, 0.2) is 30.0 Å². The highest BCUT2D eigenvalue weighted by atomic mass is 16.3. The normalized spacial score (nSPS) is 17.3. The van der Waals surface area contributed by atoms with E-state index in [-0.39, 0.29) is 67.9 Å². The van der Waals surface area contributed by atoms with Gasteiger partial charge in [0.25, 0.3) is 0 Å². The van der Waals surface area contributed by atoms with Crippen molar-refractivity contribution in [3.8, 4) is 34.5 Å². The van der Waals surface area contributed by atoms with Gasteiger partial charge in [-0.25, -0.2) is 0 Å². The topological polar surface area (TPSA) is 196 Å². The summed E-state index contributed by atoms with van der Waals surface area (Å²) in [5.74, 6) is -1.86. The Morgan fingerprint density at radius 1 is 0.267 bits per heavy atom. The number of aliphatic imine (C=N–C) groups is 6. The summed E-state index contributed by atoms with van der Waals surface area (Å²) >= 11 is 0. The molecule has 0 radical (unpaired) electrons. The van der Waals surface area contributed by atoms with Crippen molar-refractivity contribution >= 4 is 37.3 Å². The van der Waals surface area contributed by atoms with Crippen molar-refractivity contribution in [3.63, 3.8) is 0 Å². The van der Waals surface area contributed by atoms with Crippen LogP contribution in [0, 0.1) is 0 Å². The first-order valence-corrected chi connectivity index (χ1v) is 15.5. The number of hydrogen-bond acceptors (Lipinski definition) is 12. The van der Waals surface area contributed by atoms with E-state index in [0.717, 1.165) is 19.3 Å². The quantitative estimate of drug-likeness (QED) is 0.248. The standard InChI is InChI=1S/C33H42N6O6/c40-28-22-16-34-10-4-1-5-11-35-17-23-29(41)25-19-37-13-7-2-6-12-36-18-24(28)32(44)26(30(22)42)20-38-14-8-3-9-15-39-21-27(31(23)43)33(25)45/h16-21,40-45H,1-15H2. The number of phenolic OH excluding ortho intramolecular Hbond substituents is 6. The maximum atomic E-state index is 11.0. The molecule has 12 nitrogen and oxygen atoms in total. The van der Waals surface area contributed by atoms with Gasteiger partial charge in [0.05, 0.1) is 33.4 Å². The van der Waals surface area contributed by atoms with Crippen molar-refractivity contribution in [2.75, 3.05) is 39.3 Å². The van der Waals surface area contributed by atoms with Crippen LogP contribution in [0.5, 0.6) is 34.5 Å². The molecule has 12 heteroatoms. The number of rotatable bonds is 0. The molecule has 0 amide bonds. The maximum absolute atomic E-state index is 11.0. The molecule has 0 fully saturated rings. The summed E-state index contributed by atoms with van der Waals surface area (Å²) in [6.45, 7) is 2.59. The molecule has 0 atom stereocenters. The molecule has 0 spiro atoms. The van der Waals surface area contributed by atoms with Crippen LogP contribution < -0.4 is 0 Å². The molecular formula is C33H42N6O6. The minimum Gasteiger partial charge on any atom is -0.506 e. The number of benzene rings is 2. The van der Waals surface area contributed by atoms with E-state index in [0.29, 0.717) is 77.8 Å². The zero-order valence-corrected chi connectivity index (χ0v) is 25.4. The van der Waals surface area contributed by atoms with E-state index in [1.807, 2.05) is 0 Å². The molecule has 5 rings (SSSR count). The molecular weight excluding hydrogens is 576 g/mol. The second-order valence-electron chi connectivity index (χ2n) is 11.0. The summed E-state index contributed by atoms with van der Waals surface area (Å²) in [7, 11) is 0. The average molecular weight is 619 g/mol. The summed E-state index contributed by atoms with van der Waals surface area (Å²) < 4.78 is 0. The van der Waals surface area contributed by atoms with Crippen LogP contribution in [0.3, 0.4) is 0 Å². The van der Waals surface area contributed by atoms with Gasteiger partial charge < -0.3 is 30.6 Å². The van der Waals surface area contributed by atoms with Gasteiger partial charge in [0, 0.05) is 76.6 Å². The third-order valence-corrected chi connectivity index (χ3v) is 7.61. The lowest BCUT2D eigenvalue weighted by atomic mass is 10.0. The highest BCUT2D eigenvalue weighted by Gasteiger charge is 2.22. The Hall–Kier alpha value is -4.74. The third-order valence-electron chi connectivity index (χ3n) is 7.61. The molecule has 2 aromatic rings. The minimum atomic E-state index is -0.309. The molecule has 0 aromatic heterocycles. The summed E-state index contributed by atoms with van der Waals surface area (Å²) in [6, 6.07) is 0. The van der Waals surface area contributed by atoms with E-state index in [1.54, 1.807) is 0 Å². The Morgan fingerprint density at radius 2 is 0.422 bits per heavy atom. The van der Waals surface area contributed by atoms with Gasteiger partial charge in [0.2, 0.25) is 0 Å². The van der Waals surface area contributed by atoms with Gasteiger partial charge in [0.15, 0.2) is 0 Å². The van der Waals surface area contributed by atoms with Crippen LogP contribution in [0.1, 0.15) is 91.2 Å². The molecule has 3 heterocycles. The molecule has 2 aromatic carbocycles. The fraction of sp³-hybridized carbons (Fsp3) is 0.455. The molecule has 0 saturated heterocycles. The Labute approximate surface area is 262 Å². The van der Waals surface area contributed by atoms with Crippen LogP contribution in [0.25, 0.3) is 0 Å². The predicted octanol–water partition coefficient (Wildman–Crippen LogP) is 4.67. The summed E-state index contributed by atoms with van der Waals surface area (Å²) in [6.07, 6.45) is 15.0. The largest absolute Gasteiger partial charge is 0.506 e. The summed E-state index contributed by atoms with van der Waals surface area (Å²) in [4.78, 5) is 26.4. The first-order valence-electron chi connectivity index (χ1n) is 15.5. The van der Waals surface area contributed by atoms with Crippen LogP contribution in [-0.2, 0) is 0 Å². The molecule has 240 valence electrons. The van der Waals surface area contributed by atoms with Gasteiger partial charge in [-0.3, -0.25) is 30.0 Å². The minimum absolute atomic E-state index is 0.0900. The molecule has 0 unspecified atom stereocenters. The second kappa shape index (κ2) is 16.9. The predicted molar refractivity (Wildman–Crippen MR) is 179 cm³/mol. The summed E-state index contributed by atoms with van der Waals surface area (Å²) in [5.41, 5.74) is 0.540. The fourth-order valence-electron chi connectivity index (χ4n) is 4.96. The summed E-state index contributed by atoms with van der Waals surface area (Å²) in [5, 5.41) is 65.8. The highest BCUT2D eigenvalue weighted by Crippen LogP contribution is 2.40. The molecule has 3 aliphatic rings. The van der Waals surface area contributed by atoms with Gasteiger partial charge in [-0.15, -0.1) is 0 Å². The Balaban J connectivity index is 1.74. The van der Waals surface area contributed by atoms with Crippen LogP contribution >= 0.6 is 0 Å². The zero-order valence-electron chi connectivity index (χ0n) is 25.4. The van der Waals surface area contributed by atoms with Crippen molar-refractivity contribution in [2.45, 2.75) is 57.8 Å². The Morgan fingerprint density at radius 3 is 0.578 bits per heavy atom. The van der Waals surface area contributed by atoms with E-state index in [1.165, 1.54) is 37.3 Å². The molecule has 0 aliphatic carbocycles. The van der Waals surface area contributed by atoms with Crippen LogP contribution in [0.4, 0.5) is 0 Å². The molecule has 45 heavy (non-hydrogen) atoms.